The SMILES string of the molecule is NC1=NC2(C(F)F)C(NCN2[C@@H]2O[C@H](CO)[C@@H](O)[C@H]2O)C(=O)N1. The first-order valence-electron chi connectivity index (χ1n) is 6.90. The Kier molecular flexibility index (Phi) is 3.98. The smallest absolute Gasteiger partial charge is 0.278 e. The van der Waals surface area contributed by atoms with Crippen LogP contribution in [0.2, 0.25) is 0 Å². The van der Waals surface area contributed by atoms with Crippen LogP contribution in [0.25, 0.3) is 0 Å². The van der Waals surface area contributed by atoms with E-state index in [-0.39, 0.29) is 6.67 Å². The summed E-state index contributed by atoms with van der Waals surface area (Å²) in [5, 5.41) is 33.7. The molecule has 3 heterocycles. The fraction of sp³-hybridized carbons (Fsp3) is 0.818. The molecule has 2 unspecified atom stereocenters. The molecule has 0 aromatic rings. The summed E-state index contributed by atoms with van der Waals surface area (Å²) in [7, 11) is 0. The first kappa shape index (κ1) is 16.4. The molecule has 0 spiro atoms. The quantitative estimate of drug-likeness (QED) is 0.305. The molecule has 23 heavy (non-hydrogen) atoms. The fourth-order valence-electron chi connectivity index (χ4n) is 3.20. The molecule has 7 N–H and O–H groups in total. The number of nitrogens with zero attached hydrogens (tertiary/aromatic N) is 2. The topological polar surface area (TPSA) is 153 Å². The predicted molar refractivity (Wildman–Crippen MR) is 69.9 cm³/mol. The van der Waals surface area contributed by atoms with Crippen molar-refractivity contribution in [3.8, 4) is 0 Å². The van der Waals surface area contributed by atoms with Gasteiger partial charge in [-0.25, -0.2) is 18.7 Å². The molecule has 12 heteroatoms. The number of halogens is 2. The zero-order valence-electron chi connectivity index (χ0n) is 11.8. The highest BCUT2D eigenvalue weighted by atomic mass is 19.3. The zero-order valence-corrected chi connectivity index (χ0v) is 11.8. The van der Waals surface area contributed by atoms with Crippen LogP contribution in [-0.2, 0) is 9.53 Å². The molecule has 3 aliphatic rings. The van der Waals surface area contributed by atoms with Crippen molar-refractivity contribution in [2.24, 2.45) is 10.7 Å². The minimum absolute atomic E-state index is 0.258. The van der Waals surface area contributed by atoms with Crippen molar-refractivity contribution in [2.75, 3.05) is 13.3 Å². The van der Waals surface area contributed by atoms with Crippen molar-refractivity contribution < 1.29 is 33.6 Å². The molecule has 0 saturated carbocycles. The summed E-state index contributed by atoms with van der Waals surface area (Å²) in [6.45, 7) is -0.862. The van der Waals surface area contributed by atoms with Crippen LogP contribution in [0.4, 0.5) is 8.78 Å². The lowest BCUT2D eigenvalue weighted by Gasteiger charge is -2.41. The lowest BCUT2D eigenvalue weighted by Crippen LogP contribution is -2.68. The van der Waals surface area contributed by atoms with Gasteiger partial charge in [-0.3, -0.25) is 15.4 Å². The van der Waals surface area contributed by atoms with Gasteiger partial charge in [0.05, 0.1) is 13.3 Å². The van der Waals surface area contributed by atoms with Crippen molar-refractivity contribution >= 4 is 11.9 Å². The van der Waals surface area contributed by atoms with Gasteiger partial charge in [-0.2, -0.15) is 0 Å². The van der Waals surface area contributed by atoms with E-state index < -0.39 is 61.1 Å². The van der Waals surface area contributed by atoms with Crippen LogP contribution in [0.1, 0.15) is 0 Å². The lowest BCUT2D eigenvalue weighted by molar-refractivity contribution is -0.161. The summed E-state index contributed by atoms with van der Waals surface area (Å²) >= 11 is 0. The van der Waals surface area contributed by atoms with Crippen LogP contribution in [0, 0.1) is 0 Å². The van der Waals surface area contributed by atoms with Gasteiger partial charge < -0.3 is 25.8 Å². The molecular formula is C11H17F2N5O5. The Morgan fingerprint density at radius 2 is 2.17 bits per heavy atom. The lowest BCUT2D eigenvalue weighted by atomic mass is 9.98. The largest absolute Gasteiger partial charge is 0.394 e. The van der Waals surface area contributed by atoms with Gasteiger partial charge in [-0.15, -0.1) is 0 Å². The Morgan fingerprint density at radius 1 is 1.48 bits per heavy atom. The van der Waals surface area contributed by atoms with E-state index in [4.69, 9.17) is 15.6 Å². The summed E-state index contributed by atoms with van der Waals surface area (Å²) in [6.07, 6.45) is -8.69. The number of amides is 1. The van der Waals surface area contributed by atoms with E-state index in [1.807, 2.05) is 0 Å². The second kappa shape index (κ2) is 5.58. The molecule has 130 valence electrons. The van der Waals surface area contributed by atoms with Crippen LogP contribution in [0.5, 0.6) is 0 Å². The number of fused-ring (bicyclic) bond motifs is 1. The second-order valence-corrected chi connectivity index (χ2v) is 5.56. The van der Waals surface area contributed by atoms with Gasteiger partial charge in [-0.05, 0) is 0 Å². The molecule has 10 nitrogen and oxygen atoms in total. The number of nitrogens with one attached hydrogen (secondary N) is 2. The summed E-state index contributed by atoms with van der Waals surface area (Å²) in [6, 6.07) is -1.41. The normalized spacial score (nSPS) is 44.3. The Bertz CT molecular complexity index is 537. The molecule has 0 aromatic carbocycles. The first-order valence-corrected chi connectivity index (χ1v) is 6.90. The van der Waals surface area contributed by atoms with Gasteiger partial charge in [0.25, 0.3) is 6.43 Å². The van der Waals surface area contributed by atoms with E-state index >= 15 is 0 Å². The van der Waals surface area contributed by atoms with Crippen molar-refractivity contribution in [3.63, 3.8) is 0 Å². The molecule has 3 aliphatic heterocycles. The van der Waals surface area contributed by atoms with Crippen LogP contribution >= 0.6 is 0 Å². The third kappa shape index (κ3) is 2.21. The van der Waals surface area contributed by atoms with E-state index in [1.54, 1.807) is 0 Å². The number of carbonyl (C=O) groups is 1. The minimum atomic E-state index is -3.13. The summed E-state index contributed by atoms with van der Waals surface area (Å²) in [4.78, 5) is 16.6. The molecule has 0 radical (unpaired) electrons. The molecule has 6 atom stereocenters. The molecule has 2 saturated heterocycles. The highest BCUT2D eigenvalue weighted by Gasteiger charge is 2.65. The standard InChI is InChI=1S/C11H17F2N5O5/c12-9(13)11-6(7(22)16-10(14)17-11)15-2-18(11)8-5(21)4(20)3(1-19)23-8/h3-6,8-9,15,19-21H,1-2H2,(H3,14,16,17,22)/t3-,4-,5-,6?,8-,11?/m1/s1. The molecule has 0 aromatic heterocycles. The zero-order chi connectivity index (χ0) is 16.9. The van der Waals surface area contributed by atoms with E-state index in [1.165, 1.54) is 0 Å². The van der Waals surface area contributed by atoms with Gasteiger partial charge in [0, 0.05) is 0 Å². The highest BCUT2D eigenvalue weighted by molar-refractivity contribution is 6.02. The number of ether oxygens (including phenoxy) is 1. The fourth-order valence-corrected chi connectivity index (χ4v) is 3.20. The van der Waals surface area contributed by atoms with Crippen LogP contribution < -0.4 is 16.4 Å². The van der Waals surface area contributed by atoms with Gasteiger partial charge in [0.1, 0.15) is 30.6 Å². The average Bonchev–Trinajstić information content (AvgIpc) is 2.99. The molecule has 3 rings (SSSR count). The maximum Gasteiger partial charge on any atom is 0.278 e. The van der Waals surface area contributed by atoms with E-state index in [9.17, 15) is 23.8 Å². The van der Waals surface area contributed by atoms with Crippen LogP contribution in [0.15, 0.2) is 4.99 Å². The van der Waals surface area contributed by atoms with E-state index in [2.05, 4.69) is 15.6 Å². The average molecular weight is 337 g/mol. The van der Waals surface area contributed by atoms with E-state index in [0.29, 0.717) is 0 Å². The monoisotopic (exact) mass is 337 g/mol. The van der Waals surface area contributed by atoms with Crippen molar-refractivity contribution in [1.29, 1.82) is 0 Å². The molecule has 0 aliphatic carbocycles. The van der Waals surface area contributed by atoms with Gasteiger partial charge in [0.2, 0.25) is 11.6 Å². The number of rotatable bonds is 3. The third-order valence-corrected chi connectivity index (χ3v) is 4.31. The maximum atomic E-state index is 13.8. The van der Waals surface area contributed by atoms with Crippen molar-refractivity contribution in [3.05, 3.63) is 0 Å². The Hall–Kier alpha value is -1.44. The van der Waals surface area contributed by atoms with Crippen molar-refractivity contribution in [2.45, 2.75) is 42.7 Å². The molecule has 1 amide bonds. The van der Waals surface area contributed by atoms with Gasteiger partial charge >= 0.3 is 0 Å². The summed E-state index contributed by atoms with van der Waals surface area (Å²) in [5.74, 6) is -1.26. The molecule has 2 fully saturated rings. The van der Waals surface area contributed by atoms with Gasteiger partial charge in [0.15, 0.2) is 5.96 Å². The Labute approximate surface area is 128 Å². The van der Waals surface area contributed by atoms with E-state index in [0.717, 1.165) is 4.90 Å². The third-order valence-electron chi connectivity index (χ3n) is 4.31. The number of alkyl halides is 2. The first-order chi connectivity index (χ1) is 10.8. The molecular weight excluding hydrogens is 320 g/mol. The summed E-state index contributed by atoms with van der Waals surface area (Å²) in [5.41, 5.74) is 3.05. The summed E-state index contributed by atoms with van der Waals surface area (Å²) < 4.78 is 33.0. The second-order valence-electron chi connectivity index (χ2n) is 5.56. The maximum absolute atomic E-state index is 13.8. The minimum Gasteiger partial charge on any atom is -0.394 e. The molecule has 0 bridgehead atoms. The highest BCUT2D eigenvalue weighted by Crippen LogP contribution is 2.39. The number of aliphatic hydroxyl groups excluding tert-OH is 3. The number of hydrogen-bond acceptors (Lipinski definition) is 9. The number of carbonyl (C=O) groups excluding carboxylic acids is 1. The van der Waals surface area contributed by atoms with Gasteiger partial charge in [-0.1, -0.05) is 0 Å². The number of guanidine groups is 1. The van der Waals surface area contributed by atoms with Crippen molar-refractivity contribution in [1.82, 2.24) is 15.5 Å². The van der Waals surface area contributed by atoms with Crippen LogP contribution in [0.3, 0.4) is 0 Å². The van der Waals surface area contributed by atoms with Crippen LogP contribution in [-0.4, -0.2) is 88.0 Å². The number of aliphatic hydroxyl groups is 3. The predicted octanol–water partition coefficient (Wildman–Crippen LogP) is -3.94. The number of nitrogens with two attached hydrogens (primary N) is 1. The number of aliphatic imine (C=N–C) groups is 1. The number of hydrogen-bond donors (Lipinski definition) is 6. The Balaban J connectivity index is 2.00. The Morgan fingerprint density at radius 3 is 2.74 bits per heavy atom.